The molecule has 18 heavy (non-hydrogen) atoms. The first-order valence-corrected chi connectivity index (χ1v) is 7.16. The first-order chi connectivity index (χ1) is 8.63. The lowest BCUT2D eigenvalue weighted by atomic mass is 9.90. The quantitative estimate of drug-likeness (QED) is 0.648. The highest BCUT2D eigenvalue weighted by atomic mass is 16.1. The Labute approximate surface area is 109 Å². The SMILES string of the molecule is NC(=O)CN1CCC(NC2CCC(N)CC2)CC1. The third kappa shape index (κ3) is 4.23. The topological polar surface area (TPSA) is 84.4 Å². The van der Waals surface area contributed by atoms with Gasteiger partial charge in [0, 0.05) is 31.2 Å². The van der Waals surface area contributed by atoms with Crippen LogP contribution in [0.1, 0.15) is 38.5 Å². The Kier molecular flexibility index (Phi) is 4.97. The maximum Gasteiger partial charge on any atom is 0.231 e. The number of nitrogens with one attached hydrogen (secondary N) is 1. The number of amides is 1. The molecule has 0 aromatic rings. The highest BCUT2D eigenvalue weighted by Crippen LogP contribution is 2.19. The molecule has 0 bridgehead atoms. The first kappa shape index (κ1) is 13.8. The number of hydrogen-bond acceptors (Lipinski definition) is 4. The third-order valence-electron chi connectivity index (χ3n) is 4.21. The molecule has 5 N–H and O–H groups in total. The van der Waals surface area contributed by atoms with Gasteiger partial charge in [0.15, 0.2) is 0 Å². The van der Waals surface area contributed by atoms with Crippen LogP contribution in [0.5, 0.6) is 0 Å². The van der Waals surface area contributed by atoms with Gasteiger partial charge in [-0.15, -0.1) is 0 Å². The van der Waals surface area contributed by atoms with Crippen LogP contribution in [0.15, 0.2) is 0 Å². The zero-order chi connectivity index (χ0) is 13.0. The van der Waals surface area contributed by atoms with Gasteiger partial charge in [0.2, 0.25) is 5.91 Å². The number of hydrogen-bond donors (Lipinski definition) is 3. The highest BCUT2D eigenvalue weighted by Gasteiger charge is 2.24. The summed E-state index contributed by atoms with van der Waals surface area (Å²) in [6.45, 7) is 2.37. The standard InChI is InChI=1S/C13H26N4O/c14-10-1-3-11(4-2-10)16-12-5-7-17(8-6-12)9-13(15)18/h10-12,16H,1-9,14H2,(H2,15,18). The lowest BCUT2D eigenvalue weighted by Gasteiger charge is -2.36. The predicted octanol–water partition coefficient (Wildman–Crippen LogP) is -0.204. The van der Waals surface area contributed by atoms with E-state index in [2.05, 4.69) is 10.2 Å². The van der Waals surface area contributed by atoms with E-state index in [1.807, 2.05) is 0 Å². The van der Waals surface area contributed by atoms with Crippen molar-refractivity contribution in [2.45, 2.75) is 56.7 Å². The monoisotopic (exact) mass is 254 g/mol. The number of carbonyl (C=O) groups excluding carboxylic acids is 1. The normalized spacial score (nSPS) is 31.4. The van der Waals surface area contributed by atoms with Crippen LogP contribution in [0.25, 0.3) is 0 Å². The van der Waals surface area contributed by atoms with E-state index in [1.54, 1.807) is 0 Å². The van der Waals surface area contributed by atoms with E-state index in [0.717, 1.165) is 38.8 Å². The number of rotatable bonds is 4. The molecule has 1 saturated carbocycles. The zero-order valence-corrected chi connectivity index (χ0v) is 11.1. The molecule has 1 amide bonds. The summed E-state index contributed by atoms with van der Waals surface area (Å²) < 4.78 is 0. The van der Waals surface area contributed by atoms with E-state index in [4.69, 9.17) is 11.5 Å². The summed E-state index contributed by atoms with van der Waals surface area (Å²) >= 11 is 0. The van der Waals surface area contributed by atoms with E-state index in [0.29, 0.717) is 24.7 Å². The van der Waals surface area contributed by atoms with Gasteiger partial charge in [-0.2, -0.15) is 0 Å². The van der Waals surface area contributed by atoms with Gasteiger partial charge in [-0.1, -0.05) is 0 Å². The van der Waals surface area contributed by atoms with E-state index >= 15 is 0 Å². The second kappa shape index (κ2) is 6.50. The first-order valence-electron chi connectivity index (χ1n) is 7.16. The van der Waals surface area contributed by atoms with Crippen molar-refractivity contribution in [2.24, 2.45) is 11.5 Å². The summed E-state index contributed by atoms with van der Waals surface area (Å²) in [5.41, 5.74) is 11.1. The van der Waals surface area contributed by atoms with Gasteiger partial charge in [-0.05, 0) is 38.5 Å². The Morgan fingerprint density at radius 2 is 1.61 bits per heavy atom. The maximum atomic E-state index is 10.8. The summed E-state index contributed by atoms with van der Waals surface area (Å²) in [7, 11) is 0. The molecule has 1 saturated heterocycles. The predicted molar refractivity (Wildman–Crippen MR) is 72.0 cm³/mol. The molecule has 1 aliphatic carbocycles. The minimum Gasteiger partial charge on any atom is -0.369 e. The van der Waals surface area contributed by atoms with Gasteiger partial charge in [0.05, 0.1) is 6.54 Å². The van der Waals surface area contributed by atoms with Gasteiger partial charge < -0.3 is 16.8 Å². The lowest BCUT2D eigenvalue weighted by molar-refractivity contribution is -0.119. The summed E-state index contributed by atoms with van der Waals surface area (Å²) in [6.07, 6.45) is 6.97. The molecule has 5 heteroatoms. The fraction of sp³-hybridized carbons (Fsp3) is 0.923. The number of nitrogens with two attached hydrogens (primary N) is 2. The van der Waals surface area contributed by atoms with Crippen molar-refractivity contribution < 1.29 is 4.79 Å². The van der Waals surface area contributed by atoms with Crippen LogP contribution in [-0.2, 0) is 4.79 Å². The summed E-state index contributed by atoms with van der Waals surface area (Å²) in [5.74, 6) is -0.220. The molecule has 0 spiro atoms. The van der Waals surface area contributed by atoms with Crippen LogP contribution in [0.4, 0.5) is 0 Å². The van der Waals surface area contributed by atoms with E-state index in [-0.39, 0.29) is 5.91 Å². The van der Waals surface area contributed by atoms with Crippen LogP contribution in [0.3, 0.4) is 0 Å². The van der Waals surface area contributed by atoms with Crippen LogP contribution in [0.2, 0.25) is 0 Å². The van der Waals surface area contributed by atoms with Crippen LogP contribution < -0.4 is 16.8 Å². The Morgan fingerprint density at radius 1 is 1.06 bits per heavy atom. The van der Waals surface area contributed by atoms with Gasteiger partial charge >= 0.3 is 0 Å². The van der Waals surface area contributed by atoms with Crippen molar-refractivity contribution in [3.8, 4) is 0 Å². The number of primary amides is 1. The molecular formula is C13H26N4O. The number of likely N-dealkylation sites (tertiary alicyclic amines) is 1. The van der Waals surface area contributed by atoms with Crippen molar-refractivity contribution in [3.05, 3.63) is 0 Å². The Bertz CT molecular complexity index is 268. The van der Waals surface area contributed by atoms with Crippen molar-refractivity contribution in [3.63, 3.8) is 0 Å². The van der Waals surface area contributed by atoms with E-state index in [1.165, 1.54) is 12.8 Å². The summed E-state index contributed by atoms with van der Waals surface area (Å²) in [4.78, 5) is 13.0. The van der Waals surface area contributed by atoms with E-state index < -0.39 is 0 Å². The zero-order valence-electron chi connectivity index (χ0n) is 11.1. The molecule has 1 heterocycles. The second-order valence-corrected chi connectivity index (χ2v) is 5.80. The Hall–Kier alpha value is -0.650. The molecule has 0 unspecified atom stereocenters. The molecule has 0 radical (unpaired) electrons. The minimum atomic E-state index is -0.220. The van der Waals surface area contributed by atoms with Crippen molar-refractivity contribution in [1.29, 1.82) is 0 Å². The molecule has 1 aliphatic heterocycles. The van der Waals surface area contributed by atoms with Crippen molar-refractivity contribution in [2.75, 3.05) is 19.6 Å². The summed E-state index contributed by atoms with van der Waals surface area (Å²) in [5, 5.41) is 3.75. The molecule has 2 fully saturated rings. The Morgan fingerprint density at radius 3 is 2.17 bits per heavy atom. The minimum absolute atomic E-state index is 0.220. The molecular weight excluding hydrogens is 228 g/mol. The van der Waals surface area contributed by atoms with Gasteiger partial charge in [0.1, 0.15) is 0 Å². The number of piperidine rings is 1. The molecule has 0 atom stereocenters. The second-order valence-electron chi connectivity index (χ2n) is 5.80. The third-order valence-corrected chi connectivity index (χ3v) is 4.21. The number of carbonyl (C=O) groups is 1. The molecule has 0 aromatic carbocycles. The average molecular weight is 254 g/mol. The lowest BCUT2D eigenvalue weighted by Crippen LogP contribution is -2.49. The number of nitrogens with zero attached hydrogens (tertiary/aromatic N) is 1. The molecule has 0 aromatic heterocycles. The maximum absolute atomic E-state index is 10.8. The summed E-state index contributed by atoms with van der Waals surface area (Å²) in [6, 6.07) is 1.67. The van der Waals surface area contributed by atoms with Crippen LogP contribution in [-0.4, -0.2) is 48.6 Å². The molecule has 2 aliphatic rings. The van der Waals surface area contributed by atoms with Gasteiger partial charge in [-0.3, -0.25) is 9.69 Å². The fourth-order valence-electron chi connectivity index (χ4n) is 3.10. The smallest absolute Gasteiger partial charge is 0.231 e. The Balaban J connectivity index is 1.65. The van der Waals surface area contributed by atoms with Crippen molar-refractivity contribution in [1.82, 2.24) is 10.2 Å². The van der Waals surface area contributed by atoms with Crippen LogP contribution in [0, 0.1) is 0 Å². The molecule has 2 rings (SSSR count). The molecule has 104 valence electrons. The van der Waals surface area contributed by atoms with Gasteiger partial charge in [-0.25, -0.2) is 0 Å². The highest BCUT2D eigenvalue weighted by molar-refractivity contribution is 5.75. The van der Waals surface area contributed by atoms with Crippen molar-refractivity contribution >= 4 is 5.91 Å². The fourth-order valence-corrected chi connectivity index (χ4v) is 3.10. The van der Waals surface area contributed by atoms with Gasteiger partial charge in [0.25, 0.3) is 0 Å². The largest absolute Gasteiger partial charge is 0.369 e. The average Bonchev–Trinajstić information content (AvgIpc) is 2.34. The van der Waals surface area contributed by atoms with E-state index in [9.17, 15) is 4.79 Å². The van der Waals surface area contributed by atoms with Crippen LogP contribution >= 0.6 is 0 Å². The molecule has 5 nitrogen and oxygen atoms in total.